The molecule has 0 aliphatic rings. The molecule has 1 unspecified atom stereocenters. The van der Waals surface area contributed by atoms with Gasteiger partial charge in [-0.1, -0.05) is 13.3 Å². The number of halogens is 2. The van der Waals surface area contributed by atoms with Gasteiger partial charge in [0, 0.05) is 6.07 Å². The SMILES string of the molecule is CCCC(NC(=O)OC(C)(C)C)c1cc(F)cc(F)c1. The van der Waals surface area contributed by atoms with Crippen LogP contribution in [0.5, 0.6) is 0 Å². The second-order valence-corrected chi connectivity index (χ2v) is 5.69. The fourth-order valence-corrected chi connectivity index (χ4v) is 1.84. The third-order valence-corrected chi connectivity index (χ3v) is 2.56. The largest absolute Gasteiger partial charge is 0.444 e. The van der Waals surface area contributed by atoms with E-state index in [2.05, 4.69) is 5.32 Å². The molecule has 0 aromatic heterocycles. The van der Waals surface area contributed by atoms with Gasteiger partial charge >= 0.3 is 6.09 Å². The summed E-state index contributed by atoms with van der Waals surface area (Å²) >= 11 is 0. The summed E-state index contributed by atoms with van der Waals surface area (Å²) in [4.78, 5) is 11.8. The molecule has 112 valence electrons. The average molecular weight is 285 g/mol. The van der Waals surface area contributed by atoms with Crippen LogP contribution in [0, 0.1) is 11.6 Å². The molecule has 1 N–H and O–H groups in total. The van der Waals surface area contributed by atoms with E-state index >= 15 is 0 Å². The Labute approximate surface area is 118 Å². The van der Waals surface area contributed by atoms with Gasteiger partial charge in [-0.15, -0.1) is 0 Å². The van der Waals surface area contributed by atoms with Crippen LogP contribution in [0.15, 0.2) is 18.2 Å². The van der Waals surface area contributed by atoms with Crippen LogP contribution in [0.2, 0.25) is 0 Å². The standard InChI is InChI=1S/C15H21F2NO2/c1-5-6-13(18-14(19)20-15(2,3)4)10-7-11(16)9-12(17)8-10/h7-9,13H,5-6H2,1-4H3,(H,18,19). The summed E-state index contributed by atoms with van der Waals surface area (Å²) in [5.41, 5.74) is -0.219. The van der Waals surface area contributed by atoms with Crippen LogP contribution in [0.4, 0.5) is 13.6 Å². The van der Waals surface area contributed by atoms with Gasteiger partial charge in [-0.2, -0.15) is 0 Å². The lowest BCUT2D eigenvalue weighted by molar-refractivity contribution is 0.0500. The van der Waals surface area contributed by atoms with E-state index in [9.17, 15) is 13.6 Å². The molecule has 1 rings (SSSR count). The van der Waals surface area contributed by atoms with Gasteiger partial charge in [-0.05, 0) is 44.9 Å². The highest BCUT2D eigenvalue weighted by atomic mass is 19.1. The normalized spacial score (nSPS) is 12.9. The molecule has 0 heterocycles. The second-order valence-electron chi connectivity index (χ2n) is 5.69. The molecule has 1 aromatic carbocycles. The number of rotatable bonds is 4. The molecule has 0 fully saturated rings. The van der Waals surface area contributed by atoms with Crippen molar-refractivity contribution in [1.29, 1.82) is 0 Å². The third-order valence-electron chi connectivity index (χ3n) is 2.56. The summed E-state index contributed by atoms with van der Waals surface area (Å²) in [7, 11) is 0. The first-order valence-corrected chi connectivity index (χ1v) is 6.67. The van der Waals surface area contributed by atoms with Gasteiger partial charge in [0.25, 0.3) is 0 Å². The van der Waals surface area contributed by atoms with Crippen molar-refractivity contribution in [3.8, 4) is 0 Å². The van der Waals surface area contributed by atoms with Crippen molar-refractivity contribution in [2.24, 2.45) is 0 Å². The average Bonchev–Trinajstić information content (AvgIpc) is 2.24. The predicted molar refractivity (Wildman–Crippen MR) is 73.4 cm³/mol. The van der Waals surface area contributed by atoms with E-state index in [-0.39, 0.29) is 0 Å². The molecule has 0 aliphatic carbocycles. The highest BCUT2D eigenvalue weighted by molar-refractivity contribution is 5.68. The van der Waals surface area contributed by atoms with Crippen LogP contribution in [-0.2, 0) is 4.74 Å². The topological polar surface area (TPSA) is 38.3 Å². The molecular formula is C15H21F2NO2. The van der Waals surface area contributed by atoms with Crippen LogP contribution in [0.3, 0.4) is 0 Å². The Kier molecular flexibility index (Phi) is 5.48. The molecule has 3 nitrogen and oxygen atoms in total. The minimum absolute atomic E-state index is 0.398. The van der Waals surface area contributed by atoms with E-state index in [1.807, 2.05) is 6.92 Å². The molecule has 1 atom stereocenters. The predicted octanol–water partition coefficient (Wildman–Crippen LogP) is 4.33. The number of carbonyl (C=O) groups excluding carboxylic acids is 1. The Morgan fingerprint density at radius 2 is 1.80 bits per heavy atom. The lowest BCUT2D eigenvalue weighted by atomic mass is 10.0. The van der Waals surface area contributed by atoms with Crippen LogP contribution in [0.25, 0.3) is 0 Å². The van der Waals surface area contributed by atoms with Crippen molar-refractivity contribution >= 4 is 6.09 Å². The number of ether oxygens (including phenoxy) is 1. The first-order chi connectivity index (χ1) is 9.21. The van der Waals surface area contributed by atoms with Crippen LogP contribution < -0.4 is 5.32 Å². The summed E-state index contributed by atoms with van der Waals surface area (Å²) in [5, 5.41) is 2.65. The summed E-state index contributed by atoms with van der Waals surface area (Å²) in [6.07, 6.45) is 0.737. The Hall–Kier alpha value is -1.65. The molecule has 0 spiro atoms. The van der Waals surface area contributed by atoms with E-state index in [0.717, 1.165) is 12.5 Å². The minimum Gasteiger partial charge on any atom is -0.444 e. The molecule has 5 heteroatoms. The zero-order valence-electron chi connectivity index (χ0n) is 12.3. The van der Waals surface area contributed by atoms with E-state index in [0.29, 0.717) is 12.0 Å². The van der Waals surface area contributed by atoms with Gasteiger partial charge in [0.05, 0.1) is 6.04 Å². The van der Waals surface area contributed by atoms with Gasteiger partial charge in [0.1, 0.15) is 17.2 Å². The highest BCUT2D eigenvalue weighted by Gasteiger charge is 2.20. The molecule has 0 saturated carbocycles. The second kappa shape index (κ2) is 6.68. The molecular weight excluding hydrogens is 264 g/mol. The zero-order valence-corrected chi connectivity index (χ0v) is 12.3. The van der Waals surface area contributed by atoms with Crippen molar-refractivity contribution in [2.75, 3.05) is 0 Å². The molecule has 0 saturated heterocycles. The number of nitrogens with one attached hydrogen (secondary N) is 1. The van der Waals surface area contributed by atoms with Crippen molar-refractivity contribution in [3.05, 3.63) is 35.4 Å². The van der Waals surface area contributed by atoms with Gasteiger partial charge in [0.15, 0.2) is 0 Å². The highest BCUT2D eigenvalue weighted by Crippen LogP contribution is 2.21. The molecule has 1 aromatic rings. The summed E-state index contributed by atoms with van der Waals surface area (Å²) in [6.45, 7) is 7.19. The molecule has 1 amide bonds. The number of amides is 1. The van der Waals surface area contributed by atoms with Gasteiger partial charge in [0.2, 0.25) is 0 Å². The maximum Gasteiger partial charge on any atom is 0.408 e. The Bertz CT molecular complexity index is 449. The fraction of sp³-hybridized carbons (Fsp3) is 0.533. The number of hydrogen-bond donors (Lipinski definition) is 1. The Morgan fingerprint density at radius 1 is 1.25 bits per heavy atom. The van der Waals surface area contributed by atoms with Gasteiger partial charge in [-0.3, -0.25) is 0 Å². The molecule has 0 radical (unpaired) electrons. The first-order valence-electron chi connectivity index (χ1n) is 6.67. The van der Waals surface area contributed by atoms with Crippen LogP contribution in [0.1, 0.15) is 52.1 Å². The number of benzene rings is 1. The quantitative estimate of drug-likeness (QED) is 0.894. The van der Waals surface area contributed by atoms with Crippen molar-refractivity contribution < 1.29 is 18.3 Å². The van der Waals surface area contributed by atoms with Crippen LogP contribution in [-0.4, -0.2) is 11.7 Å². The van der Waals surface area contributed by atoms with Gasteiger partial charge in [-0.25, -0.2) is 13.6 Å². The summed E-state index contributed by atoms with van der Waals surface area (Å²) in [5.74, 6) is -1.32. The Morgan fingerprint density at radius 3 is 2.25 bits per heavy atom. The number of carbonyl (C=O) groups is 1. The van der Waals surface area contributed by atoms with Crippen molar-refractivity contribution in [3.63, 3.8) is 0 Å². The number of hydrogen-bond acceptors (Lipinski definition) is 2. The molecule has 0 aliphatic heterocycles. The van der Waals surface area contributed by atoms with Gasteiger partial charge < -0.3 is 10.1 Å². The fourth-order valence-electron chi connectivity index (χ4n) is 1.84. The lowest BCUT2D eigenvalue weighted by Gasteiger charge is -2.23. The van der Waals surface area contributed by atoms with Crippen molar-refractivity contribution in [1.82, 2.24) is 5.32 Å². The Balaban J connectivity index is 2.86. The smallest absolute Gasteiger partial charge is 0.408 e. The van der Waals surface area contributed by atoms with E-state index in [4.69, 9.17) is 4.74 Å². The maximum atomic E-state index is 13.3. The maximum absolute atomic E-state index is 13.3. The van der Waals surface area contributed by atoms with Crippen LogP contribution >= 0.6 is 0 Å². The summed E-state index contributed by atoms with van der Waals surface area (Å²) in [6, 6.07) is 2.78. The number of alkyl carbamates (subject to hydrolysis) is 1. The monoisotopic (exact) mass is 285 g/mol. The molecule has 20 heavy (non-hydrogen) atoms. The lowest BCUT2D eigenvalue weighted by Crippen LogP contribution is -2.35. The van der Waals surface area contributed by atoms with E-state index < -0.39 is 29.4 Å². The van der Waals surface area contributed by atoms with Crippen molar-refractivity contribution in [2.45, 2.75) is 52.2 Å². The summed E-state index contributed by atoms with van der Waals surface area (Å²) < 4.78 is 31.7. The third kappa shape index (κ3) is 5.55. The zero-order chi connectivity index (χ0) is 15.3. The first kappa shape index (κ1) is 16.4. The molecule has 0 bridgehead atoms. The van der Waals surface area contributed by atoms with E-state index in [1.165, 1.54) is 12.1 Å². The van der Waals surface area contributed by atoms with E-state index in [1.54, 1.807) is 20.8 Å². The minimum atomic E-state index is -0.660.